The second-order valence-corrected chi connectivity index (χ2v) is 12.1. The van der Waals surface area contributed by atoms with Crippen molar-refractivity contribution in [3.05, 3.63) is 35.9 Å². The summed E-state index contributed by atoms with van der Waals surface area (Å²) < 4.78 is 5.99. The normalized spacial score (nSPS) is 17.1. The minimum Gasteiger partial charge on any atom is -0.417 e. The monoisotopic (exact) mass is 326 g/mol. The number of hydrogen-bond donors (Lipinski definition) is 3. The molecule has 0 aliphatic carbocycles. The molecule has 5 heteroatoms. The van der Waals surface area contributed by atoms with E-state index in [1.54, 1.807) is 24.3 Å². The first kappa shape index (κ1) is 19.3. The van der Waals surface area contributed by atoms with Gasteiger partial charge in [-0.3, -0.25) is 0 Å². The Morgan fingerprint density at radius 3 is 2.09 bits per heavy atom. The Bertz CT molecular complexity index is 442. The van der Waals surface area contributed by atoms with Gasteiger partial charge in [0, 0.05) is 6.61 Å². The Kier molecular flexibility index (Phi) is 6.77. The summed E-state index contributed by atoms with van der Waals surface area (Å²) in [5.41, 5.74) is 0.597. The fourth-order valence-corrected chi connectivity index (χ4v) is 2.94. The van der Waals surface area contributed by atoms with E-state index in [1.807, 2.05) is 6.07 Å². The second kappa shape index (κ2) is 7.70. The molecule has 4 nitrogen and oxygen atoms in total. The van der Waals surface area contributed by atoms with Gasteiger partial charge in [0.1, 0.15) is 12.2 Å². The van der Waals surface area contributed by atoms with Crippen molar-refractivity contribution in [1.29, 1.82) is 0 Å². The van der Waals surface area contributed by atoms with Crippen LogP contribution in [0.2, 0.25) is 18.1 Å². The van der Waals surface area contributed by atoms with Gasteiger partial charge in [0.25, 0.3) is 0 Å². The molecule has 0 unspecified atom stereocenters. The van der Waals surface area contributed by atoms with Crippen LogP contribution in [0.25, 0.3) is 0 Å². The molecule has 0 saturated heterocycles. The number of benzene rings is 1. The van der Waals surface area contributed by atoms with E-state index in [4.69, 9.17) is 4.43 Å². The predicted molar refractivity (Wildman–Crippen MR) is 91.2 cm³/mol. The highest BCUT2D eigenvalue weighted by atomic mass is 28.4. The third-order valence-electron chi connectivity index (χ3n) is 4.54. The number of aliphatic hydroxyl groups excluding tert-OH is 3. The van der Waals surface area contributed by atoms with Gasteiger partial charge < -0.3 is 19.7 Å². The van der Waals surface area contributed by atoms with E-state index in [9.17, 15) is 15.3 Å². The third kappa shape index (κ3) is 5.17. The van der Waals surface area contributed by atoms with Crippen LogP contribution in [0.4, 0.5) is 0 Å². The summed E-state index contributed by atoms with van der Waals surface area (Å²) in [5, 5.41) is 30.4. The van der Waals surface area contributed by atoms with E-state index in [1.165, 1.54) is 0 Å². The van der Waals surface area contributed by atoms with Crippen molar-refractivity contribution in [2.45, 2.75) is 63.6 Å². The SMILES string of the molecule is CC(C)(C)[Si](C)(C)OCC[C@@H](O)[C@H](O)[C@H](O)c1ccccc1. The highest BCUT2D eigenvalue weighted by Gasteiger charge is 2.37. The van der Waals surface area contributed by atoms with Crippen LogP contribution in [0, 0.1) is 0 Å². The van der Waals surface area contributed by atoms with Crippen LogP contribution >= 0.6 is 0 Å². The molecule has 1 rings (SSSR count). The Morgan fingerprint density at radius 1 is 1.05 bits per heavy atom. The largest absolute Gasteiger partial charge is 0.417 e. The molecule has 3 N–H and O–H groups in total. The number of rotatable bonds is 7. The van der Waals surface area contributed by atoms with Gasteiger partial charge in [0.05, 0.1) is 6.10 Å². The fourth-order valence-electron chi connectivity index (χ4n) is 1.88. The van der Waals surface area contributed by atoms with E-state index in [0.717, 1.165) is 0 Å². The van der Waals surface area contributed by atoms with Crippen LogP contribution in [-0.2, 0) is 4.43 Å². The summed E-state index contributed by atoms with van der Waals surface area (Å²) >= 11 is 0. The van der Waals surface area contributed by atoms with E-state index >= 15 is 0 Å². The van der Waals surface area contributed by atoms with Crippen LogP contribution in [0.3, 0.4) is 0 Å². The molecule has 0 heterocycles. The molecule has 0 spiro atoms. The molecule has 0 fully saturated rings. The maximum absolute atomic E-state index is 10.1. The van der Waals surface area contributed by atoms with Crippen molar-refractivity contribution in [3.63, 3.8) is 0 Å². The zero-order valence-electron chi connectivity index (χ0n) is 14.3. The molecule has 0 bridgehead atoms. The van der Waals surface area contributed by atoms with Gasteiger partial charge in [-0.15, -0.1) is 0 Å². The minimum atomic E-state index is -1.85. The summed E-state index contributed by atoms with van der Waals surface area (Å²) in [6.07, 6.45) is -3.02. The van der Waals surface area contributed by atoms with Gasteiger partial charge in [0.15, 0.2) is 8.32 Å². The smallest absolute Gasteiger partial charge is 0.191 e. The lowest BCUT2D eigenvalue weighted by molar-refractivity contribution is -0.0666. The standard InChI is InChI=1S/C17H30O4Si/c1-17(2,3)22(4,5)21-12-11-14(18)16(20)15(19)13-9-7-6-8-10-13/h6-10,14-16,18-20H,11-12H2,1-5H3/t14-,15-,16+/m1/s1. The van der Waals surface area contributed by atoms with E-state index in [-0.39, 0.29) is 5.04 Å². The van der Waals surface area contributed by atoms with Crippen molar-refractivity contribution in [2.75, 3.05) is 6.61 Å². The molecule has 1 aromatic carbocycles. The van der Waals surface area contributed by atoms with Crippen molar-refractivity contribution in [3.8, 4) is 0 Å². The maximum atomic E-state index is 10.1. The first-order valence-electron chi connectivity index (χ1n) is 7.79. The highest BCUT2D eigenvalue weighted by Crippen LogP contribution is 2.36. The molecular weight excluding hydrogens is 296 g/mol. The zero-order valence-corrected chi connectivity index (χ0v) is 15.3. The fraction of sp³-hybridized carbons (Fsp3) is 0.647. The van der Waals surface area contributed by atoms with Gasteiger partial charge in [-0.05, 0) is 30.1 Å². The third-order valence-corrected chi connectivity index (χ3v) is 9.08. The molecule has 1 aromatic rings. The Morgan fingerprint density at radius 2 is 1.59 bits per heavy atom. The molecule has 0 aromatic heterocycles. The average molecular weight is 327 g/mol. The maximum Gasteiger partial charge on any atom is 0.191 e. The molecule has 0 saturated carbocycles. The minimum absolute atomic E-state index is 0.111. The van der Waals surface area contributed by atoms with Gasteiger partial charge in [-0.25, -0.2) is 0 Å². The molecule has 0 aliphatic heterocycles. The lowest BCUT2D eigenvalue weighted by atomic mass is 9.99. The molecule has 22 heavy (non-hydrogen) atoms. The molecule has 0 aliphatic rings. The van der Waals surface area contributed by atoms with E-state index in [0.29, 0.717) is 18.6 Å². The van der Waals surface area contributed by atoms with Crippen LogP contribution in [-0.4, -0.2) is 42.5 Å². The quantitative estimate of drug-likeness (QED) is 0.674. The summed E-state index contributed by atoms with van der Waals surface area (Å²) in [7, 11) is -1.85. The Balaban J connectivity index is 2.50. The van der Waals surface area contributed by atoms with Crippen molar-refractivity contribution in [1.82, 2.24) is 0 Å². The van der Waals surface area contributed by atoms with E-state index in [2.05, 4.69) is 33.9 Å². The second-order valence-electron chi connectivity index (χ2n) is 7.31. The average Bonchev–Trinajstić information content (AvgIpc) is 2.45. The van der Waals surface area contributed by atoms with Crippen LogP contribution < -0.4 is 0 Å². The topological polar surface area (TPSA) is 69.9 Å². The lowest BCUT2D eigenvalue weighted by Crippen LogP contribution is -2.42. The number of aliphatic hydroxyl groups is 3. The lowest BCUT2D eigenvalue weighted by Gasteiger charge is -2.36. The highest BCUT2D eigenvalue weighted by molar-refractivity contribution is 6.74. The van der Waals surface area contributed by atoms with Gasteiger partial charge in [0.2, 0.25) is 0 Å². The first-order valence-corrected chi connectivity index (χ1v) is 10.7. The van der Waals surface area contributed by atoms with E-state index < -0.39 is 26.6 Å². The van der Waals surface area contributed by atoms with Crippen molar-refractivity contribution >= 4 is 8.32 Å². The Hall–Kier alpha value is -0.723. The van der Waals surface area contributed by atoms with Crippen LogP contribution in [0.15, 0.2) is 30.3 Å². The predicted octanol–water partition coefficient (Wildman–Crippen LogP) is 2.85. The van der Waals surface area contributed by atoms with Crippen LogP contribution in [0.5, 0.6) is 0 Å². The van der Waals surface area contributed by atoms with Gasteiger partial charge in [-0.1, -0.05) is 51.1 Å². The molecular formula is C17H30O4Si. The van der Waals surface area contributed by atoms with Crippen LogP contribution in [0.1, 0.15) is 38.9 Å². The molecule has 0 amide bonds. The Labute approximate surface area is 134 Å². The summed E-state index contributed by atoms with van der Waals surface area (Å²) in [6, 6.07) is 8.88. The molecule has 0 radical (unpaired) electrons. The van der Waals surface area contributed by atoms with Crippen molar-refractivity contribution < 1.29 is 19.7 Å². The first-order chi connectivity index (χ1) is 10.1. The number of hydrogen-bond acceptors (Lipinski definition) is 4. The summed E-state index contributed by atoms with van der Waals surface area (Å²) in [6.45, 7) is 11.1. The summed E-state index contributed by atoms with van der Waals surface area (Å²) in [5.74, 6) is 0. The van der Waals surface area contributed by atoms with Gasteiger partial charge in [-0.2, -0.15) is 0 Å². The zero-order chi connectivity index (χ0) is 17.0. The van der Waals surface area contributed by atoms with Gasteiger partial charge >= 0.3 is 0 Å². The molecule has 3 atom stereocenters. The molecule has 126 valence electrons. The van der Waals surface area contributed by atoms with Crippen molar-refractivity contribution in [2.24, 2.45) is 0 Å². The summed E-state index contributed by atoms with van der Waals surface area (Å²) in [4.78, 5) is 0.